The molecule has 2 aromatic rings. The van der Waals surface area contributed by atoms with Gasteiger partial charge in [0.05, 0.1) is 13.2 Å². The maximum atomic E-state index is 12.3. The lowest BCUT2D eigenvalue weighted by atomic mass is 10.1. The van der Waals surface area contributed by atoms with Gasteiger partial charge in [0.1, 0.15) is 6.04 Å². The van der Waals surface area contributed by atoms with Crippen LogP contribution in [0, 0.1) is 6.92 Å². The molecule has 1 saturated heterocycles. The SMILES string of the molecule is Cc1ccc(C(N)C(=O)Nc2ccc(CN3CCOCC3)cc2)cc1.Cl.Cl. The van der Waals surface area contributed by atoms with Crippen molar-refractivity contribution in [3.8, 4) is 0 Å². The highest BCUT2D eigenvalue weighted by atomic mass is 35.5. The molecular weight excluding hydrogens is 385 g/mol. The number of amides is 1. The van der Waals surface area contributed by atoms with E-state index in [9.17, 15) is 4.79 Å². The minimum absolute atomic E-state index is 0. The van der Waals surface area contributed by atoms with Crippen LogP contribution in [0.3, 0.4) is 0 Å². The third-order valence-electron chi connectivity index (χ3n) is 4.45. The van der Waals surface area contributed by atoms with Gasteiger partial charge >= 0.3 is 0 Å². The van der Waals surface area contributed by atoms with E-state index in [2.05, 4.69) is 10.2 Å². The molecule has 3 N–H and O–H groups in total. The van der Waals surface area contributed by atoms with Crippen LogP contribution in [-0.2, 0) is 16.1 Å². The van der Waals surface area contributed by atoms with Crippen LogP contribution in [0.2, 0.25) is 0 Å². The Morgan fingerprint density at radius 3 is 2.26 bits per heavy atom. The van der Waals surface area contributed by atoms with Crippen LogP contribution >= 0.6 is 24.8 Å². The van der Waals surface area contributed by atoms with Gasteiger partial charge in [0.25, 0.3) is 0 Å². The van der Waals surface area contributed by atoms with Crippen molar-refractivity contribution in [1.82, 2.24) is 4.90 Å². The lowest BCUT2D eigenvalue weighted by Gasteiger charge is -2.26. The fourth-order valence-electron chi connectivity index (χ4n) is 2.86. The van der Waals surface area contributed by atoms with Crippen LogP contribution in [0.1, 0.15) is 22.7 Å². The van der Waals surface area contributed by atoms with E-state index < -0.39 is 6.04 Å². The number of rotatable bonds is 5. The van der Waals surface area contributed by atoms with Crippen LogP contribution in [0.15, 0.2) is 48.5 Å². The molecule has 7 heteroatoms. The van der Waals surface area contributed by atoms with Gasteiger partial charge in [-0.2, -0.15) is 0 Å². The van der Waals surface area contributed by atoms with Crippen LogP contribution in [0.4, 0.5) is 5.69 Å². The van der Waals surface area contributed by atoms with Crippen molar-refractivity contribution >= 4 is 36.4 Å². The first-order valence-electron chi connectivity index (χ1n) is 8.64. The molecule has 148 valence electrons. The number of ether oxygens (including phenoxy) is 1. The first-order chi connectivity index (χ1) is 12.1. The lowest BCUT2D eigenvalue weighted by molar-refractivity contribution is -0.117. The summed E-state index contributed by atoms with van der Waals surface area (Å²) in [6, 6.07) is 15.0. The van der Waals surface area contributed by atoms with E-state index in [-0.39, 0.29) is 30.7 Å². The zero-order valence-electron chi connectivity index (χ0n) is 15.4. The van der Waals surface area contributed by atoms with Gasteiger partial charge in [-0.1, -0.05) is 42.0 Å². The summed E-state index contributed by atoms with van der Waals surface area (Å²) in [7, 11) is 0. The number of hydrogen-bond donors (Lipinski definition) is 2. The maximum absolute atomic E-state index is 12.3. The molecule has 0 bridgehead atoms. The van der Waals surface area contributed by atoms with E-state index in [1.165, 1.54) is 5.56 Å². The first kappa shape index (κ1) is 23.4. The number of aryl methyl sites for hydroxylation is 1. The monoisotopic (exact) mass is 411 g/mol. The summed E-state index contributed by atoms with van der Waals surface area (Å²) in [5.74, 6) is -0.204. The van der Waals surface area contributed by atoms with Crippen molar-refractivity contribution in [3.05, 3.63) is 65.2 Å². The third-order valence-corrected chi connectivity index (χ3v) is 4.45. The van der Waals surface area contributed by atoms with Crippen LogP contribution < -0.4 is 11.1 Å². The molecule has 27 heavy (non-hydrogen) atoms. The largest absolute Gasteiger partial charge is 0.379 e. The quantitative estimate of drug-likeness (QED) is 0.791. The number of halogens is 2. The maximum Gasteiger partial charge on any atom is 0.245 e. The van der Waals surface area contributed by atoms with Gasteiger partial charge in [-0.3, -0.25) is 9.69 Å². The normalized spacial score (nSPS) is 15.2. The van der Waals surface area contributed by atoms with Crippen LogP contribution in [0.5, 0.6) is 0 Å². The Kier molecular flexibility index (Phi) is 9.77. The standard InChI is InChI=1S/C20H25N3O2.2ClH/c1-15-2-6-17(7-3-15)19(21)20(24)22-18-8-4-16(5-9-18)14-23-10-12-25-13-11-23;;/h2-9,19H,10-14,21H2,1H3,(H,22,24);2*1H. The number of benzene rings is 2. The van der Waals surface area contributed by atoms with E-state index in [0.717, 1.165) is 49.7 Å². The molecule has 0 aliphatic carbocycles. The molecule has 2 aromatic carbocycles. The molecular formula is C20H27Cl2N3O2. The summed E-state index contributed by atoms with van der Waals surface area (Å²) in [4.78, 5) is 14.7. The number of morpholine rings is 1. The number of hydrogen-bond acceptors (Lipinski definition) is 4. The average Bonchev–Trinajstić information content (AvgIpc) is 2.64. The summed E-state index contributed by atoms with van der Waals surface area (Å²) in [6.07, 6.45) is 0. The molecule has 5 nitrogen and oxygen atoms in total. The third kappa shape index (κ3) is 6.79. The second-order valence-electron chi connectivity index (χ2n) is 6.46. The molecule has 1 amide bonds. The molecule has 1 heterocycles. The smallest absolute Gasteiger partial charge is 0.245 e. The first-order valence-corrected chi connectivity index (χ1v) is 8.64. The number of carbonyl (C=O) groups is 1. The van der Waals surface area contributed by atoms with Crippen molar-refractivity contribution in [1.29, 1.82) is 0 Å². The Labute approximate surface area is 173 Å². The number of nitrogens with zero attached hydrogens (tertiary/aromatic N) is 1. The van der Waals surface area contributed by atoms with Crippen LogP contribution in [-0.4, -0.2) is 37.1 Å². The van der Waals surface area contributed by atoms with Gasteiger partial charge in [0.2, 0.25) is 5.91 Å². The van der Waals surface area contributed by atoms with Gasteiger partial charge in [-0.25, -0.2) is 0 Å². The van der Waals surface area contributed by atoms with E-state index >= 15 is 0 Å². The molecule has 0 radical (unpaired) electrons. The molecule has 0 aromatic heterocycles. The molecule has 0 spiro atoms. The van der Waals surface area contributed by atoms with Crippen molar-refractivity contribution in [3.63, 3.8) is 0 Å². The van der Waals surface area contributed by atoms with E-state index in [0.29, 0.717) is 0 Å². The zero-order chi connectivity index (χ0) is 17.6. The molecule has 1 fully saturated rings. The Bertz CT molecular complexity index is 702. The van der Waals surface area contributed by atoms with Gasteiger partial charge < -0.3 is 15.8 Å². The Morgan fingerprint density at radius 2 is 1.67 bits per heavy atom. The summed E-state index contributed by atoms with van der Waals surface area (Å²) in [6.45, 7) is 6.43. The molecule has 1 unspecified atom stereocenters. The fraction of sp³-hybridized carbons (Fsp3) is 0.350. The summed E-state index contributed by atoms with van der Waals surface area (Å²) in [5.41, 5.74) is 10.0. The number of carbonyl (C=O) groups excluding carboxylic acids is 1. The van der Waals surface area contributed by atoms with Crippen molar-refractivity contribution < 1.29 is 9.53 Å². The van der Waals surface area contributed by atoms with E-state index in [1.54, 1.807) is 0 Å². The minimum Gasteiger partial charge on any atom is -0.379 e. The van der Waals surface area contributed by atoms with Crippen molar-refractivity contribution in [2.75, 3.05) is 31.6 Å². The second kappa shape index (κ2) is 11.3. The van der Waals surface area contributed by atoms with Crippen molar-refractivity contribution in [2.45, 2.75) is 19.5 Å². The van der Waals surface area contributed by atoms with Crippen molar-refractivity contribution in [2.24, 2.45) is 5.73 Å². The fourth-order valence-corrected chi connectivity index (χ4v) is 2.86. The molecule has 1 aliphatic rings. The minimum atomic E-state index is -0.673. The molecule has 0 saturated carbocycles. The molecule has 1 aliphatic heterocycles. The zero-order valence-corrected chi connectivity index (χ0v) is 17.0. The number of nitrogens with two attached hydrogens (primary N) is 1. The Hall–Kier alpha value is -1.63. The topological polar surface area (TPSA) is 67.6 Å². The lowest BCUT2D eigenvalue weighted by Crippen LogP contribution is -2.35. The average molecular weight is 412 g/mol. The van der Waals surface area contributed by atoms with E-state index in [4.69, 9.17) is 10.5 Å². The molecule has 3 rings (SSSR count). The van der Waals surface area contributed by atoms with Gasteiger partial charge in [-0.15, -0.1) is 24.8 Å². The number of nitrogens with one attached hydrogen (secondary N) is 1. The predicted octanol–water partition coefficient (Wildman–Crippen LogP) is 3.31. The van der Waals surface area contributed by atoms with Gasteiger partial charge in [0, 0.05) is 25.3 Å². The Balaban J connectivity index is 0.00000182. The van der Waals surface area contributed by atoms with E-state index in [1.807, 2.05) is 55.5 Å². The second-order valence-corrected chi connectivity index (χ2v) is 6.46. The highest BCUT2D eigenvalue weighted by molar-refractivity contribution is 5.95. The summed E-state index contributed by atoms with van der Waals surface area (Å²) in [5, 5.41) is 2.89. The summed E-state index contributed by atoms with van der Waals surface area (Å²) < 4.78 is 5.36. The highest BCUT2D eigenvalue weighted by Crippen LogP contribution is 2.16. The Morgan fingerprint density at radius 1 is 1.07 bits per heavy atom. The predicted molar refractivity (Wildman–Crippen MR) is 114 cm³/mol. The highest BCUT2D eigenvalue weighted by Gasteiger charge is 2.16. The number of anilines is 1. The van der Waals surface area contributed by atoms with Gasteiger partial charge in [-0.05, 0) is 30.2 Å². The summed E-state index contributed by atoms with van der Waals surface area (Å²) >= 11 is 0. The molecule has 1 atom stereocenters. The van der Waals surface area contributed by atoms with Crippen LogP contribution in [0.25, 0.3) is 0 Å². The van der Waals surface area contributed by atoms with Gasteiger partial charge in [0.15, 0.2) is 0 Å².